The molecular formula is C19H27FN2O2. The van der Waals surface area contributed by atoms with Crippen molar-refractivity contribution in [3.05, 3.63) is 35.6 Å². The fourth-order valence-electron chi connectivity index (χ4n) is 3.92. The third-order valence-electron chi connectivity index (χ3n) is 4.98. The predicted octanol–water partition coefficient (Wildman–Crippen LogP) is 2.79. The van der Waals surface area contributed by atoms with Crippen molar-refractivity contribution in [2.75, 3.05) is 32.7 Å². The van der Waals surface area contributed by atoms with Gasteiger partial charge in [-0.05, 0) is 50.8 Å². The van der Waals surface area contributed by atoms with Crippen LogP contribution in [0.25, 0.3) is 0 Å². The van der Waals surface area contributed by atoms with Gasteiger partial charge in [0.1, 0.15) is 5.82 Å². The molecule has 0 aromatic heterocycles. The molecule has 0 N–H and O–H groups in total. The first-order valence-corrected chi connectivity index (χ1v) is 8.94. The van der Waals surface area contributed by atoms with E-state index in [9.17, 15) is 9.18 Å². The molecule has 2 atom stereocenters. The van der Waals surface area contributed by atoms with Crippen LogP contribution in [0.5, 0.6) is 0 Å². The Morgan fingerprint density at radius 2 is 1.88 bits per heavy atom. The highest BCUT2D eigenvalue weighted by atomic mass is 19.1. The van der Waals surface area contributed by atoms with Gasteiger partial charge in [-0.25, -0.2) is 4.39 Å². The van der Waals surface area contributed by atoms with Gasteiger partial charge in [-0.15, -0.1) is 0 Å². The van der Waals surface area contributed by atoms with Crippen LogP contribution < -0.4 is 0 Å². The highest BCUT2D eigenvalue weighted by molar-refractivity contribution is 5.94. The second-order valence-electron chi connectivity index (χ2n) is 7.22. The predicted molar refractivity (Wildman–Crippen MR) is 91.5 cm³/mol. The van der Waals surface area contributed by atoms with Crippen molar-refractivity contribution in [3.63, 3.8) is 0 Å². The Labute approximate surface area is 143 Å². The van der Waals surface area contributed by atoms with Gasteiger partial charge in [-0.1, -0.05) is 6.07 Å². The summed E-state index contributed by atoms with van der Waals surface area (Å²) in [5.41, 5.74) is 0.448. The maximum atomic E-state index is 13.3. The Balaban J connectivity index is 1.49. The number of piperidine rings is 1. The summed E-state index contributed by atoms with van der Waals surface area (Å²) in [5, 5.41) is 0. The summed E-state index contributed by atoms with van der Waals surface area (Å²) in [5.74, 6) is 0.215. The van der Waals surface area contributed by atoms with Gasteiger partial charge in [0, 0.05) is 38.3 Å². The molecule has 0 radical (unpaired) electrons. The van der Waals surface area contributed by atoms with Crippen molar-refractivity contribution >= 4 is 5.91 Å². The molecule has 2 heterocycles. The van der Waals surface area contributed by atoms with E-state index in [0.717, 1.165) is 45.6 Å². The van der Waals surface area contributed by atoms with Gasteiger partial charge in [0.05, 0.1) is 12.2 Å². The maximum absolute atomic E-state index is 13.3. The quantitative estimate of drug-likeness (QED) is 0.852. The summed E-state index contributed by atoms with van der Waals surface area (Å²) in [6.07, 6.45) is 2.62. The molecule has 1 aromatic rings. The van der Waals surface area contributed by atoms with E-state index in [1.165, 1.54) is 12.1 Å². The number of carbonyl (C=O) groups is 1. The SMILES string of the molecule is CC1CN(CC2CCN(C(=O)c3cccc(F)c3)CC2)CC(C)O1. The molecule has 2 saturated heterocycles. The van der Waals surface area contributed by atoms with Crippen molar-refractivity contribution in [2.45, 2.75) is 38.9 Å². The number of hydrogen-bond donors (Lipinski definition) is 0. The third-order valence-corrected chi connectivity index (χ3v) is 4.98. The van der Waals surface area contributed by atoms with Crippen LogP contribution >= 0.6 is 0 Å². The van der Waals surface area contributed by atoms with Crippen molar-refractivity contribution < 1.29 is 13.9 Å². The van der Waals surface area contributed by atoms with Crippen LogP contribution in [0.4, 0.5) is 4.39 Å². The van der Waals surface area contributed by atoms with E-state index >= 15 is 0 Å². The molecule has 0 spiro atoms. The van der Waals surface area contributed by atoms with Gasteiger partial charge < -0.3 is 9.64 Å². The lowest BCUT2D eigenvalue weighted by atomic mass is 9.95. The van der Waals surface area contributed by atoms with Gasteiger partial charge in [-0.2, -0.15) is 0 Å². The molecule has 2 aliphatic heterocycles. The summed E-state index contributed by atoms with van der Waals surface area (Å²) in [7, 11) is 0. The van der Waals surface area contributed by atoms with Gasteiger partial charge in [-0.3, -0.25) is 9.69 Å². The number of ether oxygens (including phenoxy) is 1. The smallest absolute Gasteiger partial charge is 0.253 e. The molecule has 2 aliphatic rings. The lowest BCUT2D eigenvalue weighted by Gasteiger charge is -2.39. The highest BCUT2D eigenvalue weighted by Gasteiger charge is 2.28. The molecule has 2 unspecified atom stereocenters. The first-order chi connectivity index (χ1) is 11.5. The van der Waals surface area contributed by atoms with E-state index in [4.69, 9.17) is 4.74 Å². The van der Waals surface area contributed by atoms with E-state index in [0.29, 0.717) is 23.7 Å². The molecule has 4 nitrogen and oxygen atoms in total. The number of hydrogen-bond acceptors (Lipinski definition) is 3. The molecule has 3 rings (SSSR count). The van der Waals surface area contributed by atoms with Gasteiger partial charge >= 0.3 is 0 Å². The maximum Gasteiger partial charge on any atom is 0.253 e. The number of carbonyl (C=O) groups excluding carboxylic acids is 1. The molecule has 0 saturated carbocycles. The van der Waals surface area contributed by atoms with Crippen LogP contribution in [0.1, 0.15) is 37.0 Å². The van der Waals surface area contributed by atoms with Crippen molar-refractivity contribution in [2.24, 2.45) is 5.92 Å². The van der Waals surface area contributed by atoms with Gasteiger partial charge in [0.25, 0.3) is 5.91 Å². The van der Waals surface area contributed by atoms with Crippen molar-refractivity contribution in [1.82, 2.24) is 9.80 Å². The minimum absolute atomic E-state index is 0.0541. The zero-order valence-corrected chi connectivity index (χ0v) is 14.6. The van der Waals surface area contributed by atoms with Gasteiger partial charge in [0.15, 0.2) is 0 Å². The van der Waals surface area contributed by atoms with Crippen LogP contribution in [-0.4, -0.2) is 60.6 Å². The Morgan fingerprint density at radius 3 is 2.50 bits per heavy atom. The molecule has 2 fully saturated rings. The van der Waals surface area contributed by atoms with Crippen LogP contribution in [0.15, 0.2) is 24.3 Å². The molecule has 24 heavy (non-hydrogen) atoms. The molecule has 132 valence electrons. The first-order valence-electron chi connectivity index (χ1n) is 8.94. The number of likely N-dealkylation sites (tertiary alicyclic amines) is 1. The lowest BCUT2D eigenvalue weighted by Crippen LogP contribution is -2.48. The lowest BCUT2D eigenvalue weighted by molar-refractivity contribution is -0.0728. The zero-order valence-electron chi connectivity index (χ0n) is 14.6. The van der Waals surface area contributed by atoms with Crippen molar-refractivity contribution in [3.8, 4) is 0 Å². The molecule has 0 bridgehead atoms. The zero-order chi connectivity index (χ0) is 17.1. The van der Waals surface area contributed by atoms with E-state index < -0.39 is 0 Å². The number of nitrogens with zero attached hydrogens (tertiary/aromatic N) is 2. The van der Waals surface area contributed by atoms with E-state index in [1.54, 1.807) is 12.1 Å². The largest absolute Gasteiger partial charge is 0.373 e. The summed E-state index contributed by atoms with van der Waals surface area (Å²) in [4.78, 5) is 16.8. The summed E-state index contributed by atoms with van der Waals surface area (Å²) < 4.78 is 19.1. The van der Waals surface area contributed by atoms with Crippen LogP contribution in [0.2, 0.25) is 0 Å². The molecule has 5 heteroatoms. The number of benzene rings is 1. The fourth-order valence-corrected chi connectivity index (χ4v) is 3.92. The number of rotatable bonds is 3. The molecule has 0 aliphatic carbocycles. The fraction of sp³-hybridized carbons (Fsp3) is 0.632. The van der Waals surface area contributed by atoms with E-state index in [-0.39, 0.29) is 11.7 Å². The topological polar surface area (TPSA) is 32.8 Å². The van der Waals surface area contributed by atoms with Crippen molar-refractivity contribution in [1.29, 1.82) is 0 Å². The minimum atomic E-state index is -0.355. The molecule has 1 amide bonds. The Kier molecular flexibility index (Phi) is 5.51. The average molecular weight is 334 g/mol. The molecule has 1 aromatic carbocycles. The number of amides is 1. The number of halogens is 1. The van der Waals surface area contributed by atoms with E-state index in [1.807, 2.05) is 4.90 Å². The Morgan fingerprint density at radius 1 is 1.21 bits per heavy atom. The number of morpholine rings is 1. The van der Waals surface area contributed by atoms with Crippen LogP contribution in [0, 0.1) is 11.7 Å². The minimum Gasteiger partial charge on any atom is -0.373 e. The normalized spacial score (nSPS) is 26.5. The van der Waals surface area contributed by atoms with E-state index in [2.05, 4.69) is 18.7 Å². The first kappa shape index (κ1) is 17.4. The summed E-state index contributed by atoms with van der Waals surface area (Å²) in [6, 6.07) is 5.97. The summed E-state index contributed by atoms with van der Waals surface area (Å²) >= 11 is 0. The van der Waals surface area contributed by atoms with Crippen LogP contribution in [-0.2, 0) is 4.74 Å². The Hall–Kier alpha value is -1.46. The average Bonchev–Trinajstić information content (AvgIpc) is 2.54. The third kappa shape index (κ3) is 4.33. The second kappa shape index (κ2) is 7.62. The van der Waals surface area contributed by atoms with Gasteiger partial charge in [0.2, 0.25) is 0 Å². The Bertz CT molecular complexity index is 562. The summed E-state index contributed by atoms with van der Waals surface area (Å²) in [6.45, 7) is 8.84. The van der Waals surface area contributed by atoms with Crippen LogP contribution in [0.3, 0.4) is 0 Å². The second-order valence-corrected chi connectivity index (χ2v) is 7.22. The standard InChI is InChI=1S/C19H27FN2O2/c1-14-11-21(12-15(2)24-14)13-16-6-8-22(9-7-16)19(23)17-4-3-5-18(20)10-17/h3-5,10,14-16H,6-9,11-13H2,1-2H3. The molecular weight excluding hydrogens is 307 g/mol. The monoisotopic (exact) mass is 334 g/mol. The highest BCUT2D eigenvalue weighted by Crippen LogP contribution is 2.22.